The van der Waals surface area contributed by atoms with Crippen LogP contribution in [0.25, 0.3) is 0 Å². The van der Waals surface area contributed by atoms with Gasteiger partial charge in [-0.15, -0.1) is 0 Å². The SMILES string of the molecule is O=[N+]([O-])C1=CC=CC(=CC2CC2)C1. The molecule has 3 nitrogen and oxygen atoms in total. The molecular weight excluding hydrogens is 166 g/mol. The molecule has 1 fully saturated rings. The molecular formula is C10H11NO2. The number of nitro groups is 1. The zero-order valence-electron chi connectivity index (χ0n) is 7.27. The summed E-state index contributed by atoms with van der Waals surface area (Å²) in [6.07, 6.45) is 10.4. The molecule has 0 unspecified atom stereocenters. The normalized spacial score (nSPS) is 24.6. The smallest absolute Gasteiger partial charge is 0.250 e. The molecule has 0 bridgehead atoms. The molecule has 0 radical (unpaired) electrons. The predicted molar refractivity (Wildman–Crippen MR) is 49.6 cm³/mol. The molecule has 0 spiro atoms. The van der Waals surface area contributed by atoms with Gasteiger partial charge in [0.1, 0.15) is 0 Å². The van der Waals surface area contributed by atoms with Gasteiger partial charge in [-0.25, -0.2) is 0 Å². The van der Waals surface area contributed by atoms with Crippen molar-refractivity contribution < 1.29 is 4.92 Å². The number of hydrogen-bond acceptors (Lipinski definition) is 2. The molecule has 0 aliphatic heterocycles. The topological polar surface area (TPSA) is 43.1 Å². The van der Waals surface area contributed by atoms with Gasteiger partial charge in [0.05, 0.1) is 11.3 Å². The van der Waals surface area contributed by atoms with Crippen LogP contribution in [0.5, 0.6) is 0 Å². The van der Waals surface area contributed by atoms with Gasteiger partial charge in [0.25, 0.3) is 5.70 Å². The average Bonchev–Trinajstić information content (AvgIpc) is 2.89. The van der Waals surface area contributed by atoms with Crippen LogP contribution in [-0.4, -0.2) is 4.92 Å². The Hall–Kier alpha value is -1.38. The van der Waals surface area contributed by atoms with E-state index in [4.69, 9.17) is 0 Å². The molecule has 0 amide bonds. The first kappa shape index (κ1) is 8.23. The molecule has 0 saturated heterocycles. The van der Waals surface area contributed by atoms with Gasteiger partial charge in [-0.3, -0.25) is 10.1 Å². The molecule has 2 aliphatic carbocycles. The second kappa shape index (κ2) is 3.17. The van der Waals surface area contributed by atoms with Gasteiger partial charge in [0.2, 0.25) is 0 Å². The molecule has 0 aromatic carbocycles. The third kappa shape index (κ3) is 2.05. The molecule has 3 heteroatoms. The van der Waals surface area contributed by atoms with Crippen LogP contribution in [0.2, 0.25) is 0 Å². The molecule has 0 aromatic heterocycles. The molecule has 0 N–H and O–H groups in total. The third-order valence-electron chi connectivity index (χ3n) is 2.29. The first-order valence-electron chi connectivity index (χ1n) is 4.48. The third-order valence-corrected chi connectivity index (χ3v) is 2.29. The summed E-state index contributed by atoms with van der Waals surface area (Å²) in [5, 5.41) is 10.5. The minimum Gasteiger partial charge on any atom is -0.259 e. The lowest BCUT2D eigenvalue weighted by Gasteiger charge is -2.03. The van der Waals surface area contributed by atoms with Crippen molar-refractivity contribution in [3.63, 3.8) is 0 Å². The molecule has 1 saturated carbocycles. The van der Waals surface area contributed by atoms with Gasteiger partial charge in [0, 0.05) is 6.08 Å². The van der Waals surface area contributed by atoms with Crippen molar-refractivity contribution in [3.8, 4) is 0 Å². The van der Waals surface area contributed by atoms with Crippen molar-refractivity contribution in [3.05, 3.63) is 45.7 Å². The van der Waals surface area contributed by atoms with Crippen LogP contribution in [0.15, 0.2) is 35.6 Å². The van der Waals surface area contributed by atoms with Gasteiger partial charge in [0.15, 0.2) is 0 Å². The fourth-order valence-corrected chi connectivity index (χ4v) is 1.42. The second-order valence-electron chi connectivity index (χ2n) is 3.53. The highest BCUT2D eigenvalue weighted by Crippen LogP contribution is 2.33. The van der Waals surface area contributed by atoms with Crippen molar-refractivity contribution in [2.75, 3.05) is 0 Å². The summed E-state index contributed by atoms with van der Waals surface area (Å²) in [4.78, 5) is 10.2. The van der Waals surface area contributed by atoms with Crippen LogP contribution in [0, 0.1) is 16.0 Å². The first-order chi connectivity index (χ1) is 6.25. The van der Waals surface area contributed by atoms with E-state index in [1.165, 1.54) is 12.8 Å². The summed E-state index contributed by atoms with van der Waals surface area (Å²) in [5.41, 5.74) is 1.39. The Labute approximate surface area is 76.6 Å². The number of hydrogen-bond donors (Lipinski definition) is 0. The lowest BCUT2D eigenvalue weighted by molar-refractivity contribution is -0.427. The summed E-state index contributed by atoms with van der Waals surface area (Å²) in [7, 11) is 0. The zero-order valence-corrected chi connectivity index (χ0v) is 7.27. The zero-order chi connectivity index (χ0) is 9.26. The summed E-state index contributed by atoms with van der Waals surface area (Å²) in [5.74, 6) is 0.686. The lowest BCUT2D eigenvalue weighted by atomic mass is 10.0. The van der Waals surface area contributed by atoms with Crippen LogP contribution >= 0.6 is 0 Å². The minimum absolute atomic E-state index is 0.300. The van der Waals surface area contributed by atoms with Gasteiger partial charge >= 0.3 is 0 Å². The summed E-state index contributed by atoms with van der Waals surface area (Å²) in [6, 6.07) is 0. The van der Waals surface area contributed by atoms with E-state index < -0.39 is 0 Å². The molecule has 2 aliphatic rings. The summed E-state index contributed by atoms with van der Waals surface area (Å²) >= 11 is 0. The maximum atomic E-state index is 10.5. The Kier molecular flexibility index (Phi) is 2.00. The molecule has 0 aromatic rings. The van der Waals surface area contributed by atoms with Crippen LogP contribution in [0.4, 0.5) is 0 Å². The van der Waals surface area contributed by atoms with Crippen molar-refractivity contribution in [1.29, 1.82) is 0 Å². The summed E-state index contributed by atoms with van der Waals surface area (Å²) in [6.45, 7) is 0. The number of allylic oxidation sites excluding steroid dienone is 5. The standard InChI is InChI=1S/C10H11NO2/c12-11(13)10-3-1-2-9(7-10)6-8-4-5-8/h1-3,6,8H,4-5,7H2. The minimum atomic E-state index is -0.301. The Morgan fingerprint density at radius 3 is 2.92 bits per heavy atom. The van der Waals surface area contributed by atoms with E-state index in [1.807, 2.05) is 6.08 Å². The van der Waals surface area contributed by atoms with Crippen LogP contribution in [-0.2, 0) is 0 Å². The van der Waals surface area contributed by atoms with Crippen LogP contribution < -0.4 is 0 Å². The van der Waals surface area contributed by atoms with Crippen LogP contribution in [0.3, 0.4) is 0 Å². The maximum Gasteiger partial charge on any atom is 0.250 e. The quantitative estimate of drug-likeness (QED) is 0.480. The lowest BCUT2D eigenvalue weighted by Crippen LogP contribution is -2.01. The molecule has 13 heavy (non-hydrogen) atoms. The highest BCUT2D eigenvalue weighted by atomic mass is 16.6. The van der Waals surface area contributed by atoms with Crippen molar-refractivity contribution in [2.24, 2.45) is 5.92 Å². The molecule has 68 valence electrons. The Bertz CT molecular complexity index is 322. The number of nitrogens with zero attached hydrogens (tertiary/aromatic N) is 1. The van der Waals surface area contributed by atoms with E-state index in [-0.39, 0.29) is 4.92 Å². The van der Waals surface area contributed by atoms with E-state index in [0.717, 1.165) is 5.57 Å². The summed E-state index contributed by atoms with van der Waals surface area (Å²) < 4.78 is 0. The van der Waals surface area contributed by atoms with Gasteiger partial charge < -0.3 is 0 Å². The van der Waals surface area contributed by atoms with E-state index in [9.17, 15) is 10.1 Å². The van der Waals surface area contributed by atoms with Crippen molar-refractivity contribution >= 4 is 0 Å². The van der Waals surface area contributed by atoms with E-state index >= 15 is 0 Å². The highest BCUT2D eigenvalue weighted by Gasteiger charge is 2.21. The first-order valence-corrected chi connectivity index (χ1v) is 4.48. The van der Waals surface area contributed by atoms with Crippen molar-refractivity contribution in [1.82, 2.24) is 0 Å². The van der Waals surface area contributed by atoms with Gasteiger partial charge in [-0.2, -0.15) is 0 Å². The highest BCUT2D eigenvalue weighted by molar-refractivity contribution is 5.32. The Balaban J connectivity index is 2.08. The van der Waals surface area contributed by atoms with E-state index in [1.54, 1.807) is 12.2 Å². The molecule has 0 heterocycles. The van der Waals surface area contributed by atoms with E-state index in [0.29, 0.717) is 18.0 Å². The number of rotatable bonds is 2. The fourth-order valence-electron chi connectivity index (χ4n) is 1.42. The predicted octanol–water partition coefficient (Wildman–Crippen LogP) is 2.44. The monoisotopic (exact) mass is 177 g/mol. The maximum absolute atomic E-state index is 10.5. The average molecular weight is 177 g/mol. The Morgan fingerprint density at radius 1 is 1.54 bits per heavy atom. The Morgan fingerprint density at radius 2 is 2.31 bits per heavy atom. The van der Waals surface area contributed by atoms with Gasteiger partial charge in [-0.1, -0.05) is 18.2 Å². The fraction of sp³-hybridized carbons (Fsp3) is 0.400. The second-order valence-corrected chi connectivity index (χ2v) is 3.53. The van der Waals surface area contributed by atoms with Crippen molar-refractivity contribution in [2.45, 2.75) is 19.3 Å². The molecule has 2 rings (SSSR count). The van der Waals surface area contributed by atoms with Gasteiger partial charge in [-0.05, 0) is 24.3 Å². The molecule has 0 atom stereocenters. The van der Waals surface area contributed by atoms with E-state index in [2.05, 4.69) is 6.08 Å². The largest absolute Gasteiger partial charge is 0.259 e. The van der Waals surface area contributed by atoms with Crippen LogP contribution in [0.1, 0.15) is 19.3 Å².